The molecule has 1 aliphatic carbocycles. The lowest BCUT2D eigenvalue weighted by atomic mass is 9.75. The lowest BCUT2D eigenvalue weighted by Gasteiger charge is -2.39. The largest absolute Gasteiger partial charge is 0.313 e. The number of rotatable bonds is 7. The predicted octanol–water partition coefficient (Wildman–Crippen LogP) is 5.21. The second kappa shape index (κ2) is 7.33. The zero-order valence-corrected chi connectivity index (χ0v) is 15.2. The van der Waals surface area contributed by atoms with Gasteiger partial charge in [-0.3, -0.25) is 0 Å². The third kappa shape index (κ3) is 3.80. The van der Waals surface area contributed by atoms with E-state index in [1.807, 2.05) is 11.8 Å². The molecule has 0 spiro atoms. The summed E-state index contributed by atoms with van der Waals surface area (Å²) in [5.41, 5.74) is 1.49. The number of nitrogens with one attached hydrogen (secondary N) is 1. The molecule has 1 aromatic rings. The first-order valence-electron chi connectivity index (χ1n) is 7.66. The molecule has 2 rings (SSSR count). The van der Waals surface area contributed by atoms with E-state index in [-0.39, 0.29) is 0 Å². The molecule has 0 bridgehead atoms. The van der Waals surface area contributed by atoms with Crippen molar-refractivity contribution in [2.75, 3.05) is 12.8 Å². The van der Waals surface area contributed by atoms with Crippen LogP contribution in [0.1, 0.15) is 51.0 Å². The smallest absolute Gasteiger partial charge is 0.0276 e. The number of halogens is 1. The van der Waals surface area contributed by atoms with Crippen LogP contribution in [0.5, 0.6) is 0 Å². The fraction of sp³-hybridized carbons (Fsp3) is 0.647. The van der Waals surface area contributed by atoms with Crippen molar-refractivity contribution >= 4 is 27.7 Å². The van der Waals surface area contributed by atoms with E-state index in [2.05, 4.69) is 65.6 Å². The highest BCUT2D eigenvalue weighted by atomic mass is 79.9. The van der Waals surface area contributed by atoms with E-state index in [1.54, 1.807) is 0 Å². The second-order valence-corrected chi connectivity index (χ2v) is 8.08. The highest BCUT2D eigenvalue weighted by Gasteiger charge is 2.32. The molecule has 1 saturated carbocycles. The number of thioether (sulfide) groups is 1. The van der Waals surface area contributed by atoms with Crippen LogP contribution in [0.3, 0.4) is 0 Å². The van der Waals surface area contributed by atoms with Crippen molar-refractivity contribution in [1.29, 1.82) is 0 Å². The van der Waals surface area contributed by atoms with E-state index >= 15 is 0 Å². The van der Waals surface area contributed by atoms with Crippen LogP contribution in [0.2, 0.25) is 0 Å². The maximum atomic E-state index is 3.79. The Labute approximate surface area is 136 Å². The summed E-state index contributed by atoms with van der Waals surface area (Å²) >= 11 is 5.53. The molecule has 1 aliphatic rings. The minimum atomic E-state index is 0.433. The average molecular weight is 356 g/mol. The van der Waals surface area contributed by atoms with E-state index in [4.69, 9.17) is 0 Å². The van der Waals surface area contributed by atoms with Gasteiger partial charge in [-0.1, -0.05) is 41.9 Å². The summed E-state index contributed by atoms with van der Waals surface area (Å²) in [7, 11) is 0. The van der Waals surface area contributed by atoms with Gasteiger partial charge < -0.3 is 5.32 Å². The molecule has 112 valence electrons. The first-order chi connectivity index (χ1) is 9.62. The minimum absolute atomic E-state index is 0.433. The molecule has 0 aromatic heterocycles. The van der Waals surface area contributed by atoms with Gasteiger partial charge in [-0.25, -0.2) is 0 Å². The molecule has 0 saturated heterocycles. The Hall–Kier alpha value is 0.01000. The Morgan fingerprint density at radius 1 is 1.20 bits per heavy atom. The van der Waals surface area contributed by atoms with Gasteiger partial charge in [-0.2, -0.15) is 11.8 Å². The van der Waals surface area contributed by atoms with Crippen molar-refractivity contribution in [2.24, 2.45) is 0 Å². The lowest BCUT2D eigenvalue weighted by molar-refractivity contribution is 0.279. The standard InChI is InChI=1S/C17H26BrNS/c1-4-17(5-2,20-3)12-19-16-10-14(11-16)13-6-8-15(18)9-7-13/h6-9,14,16,19H,4-5,10-12H2,1-3H3. The van der Waals surface area contributed by atoms with Gasteiger partial charge in [0.05, 0.1) is 0 Å². The van der Waals surface area contributed by atoms with Crippen LogP contribution < -0.4 is 5.32 Å². The zero-order chi connectivity index (χ0) is 14.6. The van der Waals surface area contributed by atoms with E-state index in [0.717, 1.165) is 12.5 Å². The van der Waals surface area contributed by atoms with Crippen molar-refractivity contribution in [2.45, 2.75) is 56.2 Å². The van der Waals surface area contributed by atoms with Gasteiger partial charge >= 0.3 is 0 Å². The third-order valence-corrected chi connectivity index (χ3v) is 7.03. The summed E-state index contributed by atoms with van der Waals surface area (Å²) < 4.78 is 1.61. The normalized spacial score (nSPS) is 22.6. The molecule has 3 heteroatoms. The van der Waals surface area contributed by atoms with Gasteiger partial charge in [0.15, 0.2) is 0 Å². The molecule has 1 fully saturated rings. The molecular weight excluding hydrogens is 330 g/mol. The third-order valence-electron chi connectivity index (χ3n) is 4.91. The number of hydrogen-bond donors (Lipinski definition) is 1. The van der Waals surface area contributed by atoms with Crippen LogP contribution in [0, 0.1) is 0 Å². The van der Waals surface area contributed by atoms with E-state index in [0.29, 0.717) is 10.8 Å². The Morgan fingerprint density at radius 3 is 2.30 bits per heavy atom. The van der Waals surface area contributed by atoms with Crippen molar-refractivity contribution in [1.82, 2.24) is 5.32 Å². The van der Waals surface area contributed by atoms with Gasteiger partial charge in [0.2, 0.25) is 0 Å². The summed E-state index contributed by atoms with van der Waals surface area (Å²) in [6, 6.07) is 9.55. The van der Waals surface area contributed by atoms with Crippen LogP contribution >= 0.6 is 27.7 Å². The van der Waals surface area contributed by atoms with Gasteiger partial charge in [-0.15, -0.1) is 0 Å². The van der Waals surface area contributed by atoms with Gasteiger partial charge in [-0.05, 0) is 55.6 Å². The topological polar surface area (TPSA) is 12.0 Å². The summed E-state index contributed by atoms with van der Waals surface area (Å²) in [5, 5.41) is 3.79. The van der Waals surface area contributed by atoms with E-state index < -0.39 is 0 Å². The van der Waals surface area contributed by atoms with Crippen molar-refractivity contribution in [3.8, 4) is 0 Å². The van der Waals surface area contributed by atoms with Crippen LogP contribution in [-0.2, 0) is 0 Å². The second-order valence-electron chi connectivity index (χ2n) is 5.89. The Balaban J connectivity index is 1.78. The summed E-state index contributed by atoms with van der Waals surface area (Å²) in [5.74, 6) is 0.757. The van der Waals surface area contributed by atoms with Gasteiger partial charge in [0.1, 0.15) is 0 Å². The quantitative estimate of drug-likeness (QED) is 0.720. The van der Waals surface area contributed by atoms with Crippen LogP contribution in [-0.4, -0.2) is 23.6 Å². The molecule has 0 heterocycles. The monoisotopic (exact) mass is 355 g/mol. The van der Waals surface area contributed by atoms with Gasteiger partial charge in [0, 0.05) is 21.8 Å². The molecule has 1 aromatic carbocycles. The van der Waals surface area contributed by atoms with Crippen LogP contribution in [0.15, 0.2) is 28.7 Å². The van der Waals surface area contributed by atoms with Crippen molar-refractivity contribution < 1.29 is 0 Å². The molecule has 0 unspecified atom stereocenters. The Kier molecular flexibility index (Phi) is 6.00. The van der Waals surface area contributed by atoms with Crippen molar-refractivity contribution in [3.05, 3.63) is 34.3 Å². The molecule has 20 heavy (non-hydrogen) atoms. The van der Waals surface area contributed by atoms with Crippen molar-refractivity contribution in [3.63, 3.8) is 0 Å². The highest BCUT2D eigenvalue weighted by molar-refractivity contribution is 9.10. The lowest BCUT2D eigenvalue weighted by Crippen LogP contribution is -2.46. The predicted molar refractivity (Wildman–Crippen MR) is 94.7 cm³/mol. The number of benzene rings is 1. The molecule has 0 radical (unpaired) electrons. The molecule has 1 nitrogen and oxygen atoms in total. The Morgan fingerprint density at radius 2 is 1.80 bits per heavy atom. The molecule has 0 aliphatic heterocycles. The molecule has 1 N–H and O–H groups in total. The maximum Gasteiger partial charge on any atom is 0.0276 e. The summed E-state index contributed by atoms with van der Waals surface area (Å²) in [4.78, 5) is 0. The SMILES string of the molecule is CCC(CC)(CNC1CC(c2ccc(Br)cc2)C1)SC. The van der Waals surface area contributed by atoms with Crippen LogP contribution in [0.25, 0.3) is 0 Å². The summed E-state index contributed by atoms with van der Waals surface area (Å²) in [6.45, 7) is 5.78. The average Bonchev–Trinajstić information content (AvgIpc) is 2.44. The van der Waals surface area contributed by atoms with E-state index in [9.17, 15) is 0 Å². The molecular formula is C17H26BrNS. The first kappa shape index (κ1) is 16.4. The maximum absolute atomic E-state index is 3.79. The first-order valence-corrected chi connectivity index (χ1v) is 9.68. The van der Waals surface area contributed by atoms with Crippen LogP contribution in [0.4, 0.5) is 0 Å². The molecule has 0 amide bonds. The molecule has 0 atom stereocenters. The fourth-order valence-corrected chi connectivity index (χ4v) is 4.05. The fourth-order valence-electron chi connectivity index (χ4n) is 2.98. The summed E-state index contributed by atoms with van der Waals surface area (Å²) in [6.07, 6.45) is 7.33. The Bertz CT molecular complexity index is 399. The number of hydrogen-bond acceptors (Lipinski definition) is 2. The highest BCUT2D eigenvalue weighted by Crippen LogP contribution is 2.38. The van der Waals surface area contributed by atoms with E-state index in [1.165, 1.54) is 35.7 Å². The minimum Gasteiger partial charge on any atom is -0.313 e. The van der Waals surface area contributed by atoms with Gasteiger partial charge in [0.25, 0.3) is 0 Å². The zero-order valence-electron chi connectivity index (χ0n) is 12.8.